The Bertz CT molecular complexity index is 2860. The van der Waals surface area contributed by atoms with Gasteiger partial charge in [-0.25, -0.2) is 0 Å². The molecule has 0 aromatic rings. The summed E-state index contributed by atoms with van der Waals surface area (Å²) in [5, 5.41) is 0. The van der Waals surface area contributed by atoms with Gasteiger partial charge in [-0.15, -0.1) is 0 Å². The van der Waals surface area contributed by atoms with Crippen LogP contribution in [-0.2, 0) is 0 Å². The molecule has 3 aliphatic heterocycles. The third-order valence-corrected chi connectivity index (χ3v) is 42.4. The van der Waals surface area contributed by atoms with E-state index in [2.05, 4.69) is 97.8 Å². The van der Waals surface area contributed by atoms with E-state index in [1.165, 1.54) is 96.3 Å². The first-order chi connectivity index (χ1) is 52.1. The highest BCUT2D eigenvalue weighted by atomic mass is 15.3. The van der Waals surface area contributed by atoms with Gasteiger partial charge in [-0.05, 0) is 316 Å². The predicted octanol–water partition coefficient (Wildman–Crippen LogP) is 28.3. The summed E-state index contributed by atoms with van der Waals surface area (Å²) in [5.74, 6) is 25.9. The van der Waals surface area contributed by atoms with Gasteiger partial charge in [0.2, 0.25) is 0 Å². The summed E-state index contributed by atoms with van der Waals surface area (Å²) in [6.07, 6.45) is 81.6. The fraction of sp³-hybridized carbons (Fsp3) is 1.00. The molecule has 0 radical (unpaired) electrons. The van der Waals surface area contributed by atoms with Crippen molar-refractivity contribution < 1.29 is 0 Å². The van der Waals surface area contributed by atoms with E-state index in [0.29, 0.717) is 21.7 Å². The van der Waals surface area contributed by atoms with E-state index < -0.39 is 0 Å². The van der Waals surface area contributed by atoms with Crippen molar-refractivity contribution in [2.45, 2.75) is 489 Å². The summed E-state index contributed by atoms with van der Waals surface area (Å²) in [4.78, 5) is 11.8. The van der Waals surface area contributed by atoms with E-state index in [0.717, 1.165) is 221 Å². The highest BCUT2D eigenvalue weighted by molar-refractivity contribution is 6.65. The van der Waals surface area contributed by atoms with Gasteiger partial charge in [0.05, 0.1) is 0 Å². The number of fused-ring (bicyclic) bond motifs is 7. The third kappa shape index (κ3) is 14.4. The van der Waals surface area contributed by atoms with Crippen molar-refractivity contribution >= 4 is 6.71 Å². The van der Waals surface area contributed by atoms with Crippen LogP contribution < -0.4 is 0 Å². The molecule has 19 rings (SSSR count). The molecule has 3 heterocycles. The molecule has 0 aromatic carbocycles. The summed E-state index contributed by atoms with van der Waals surface area (Å²) in [6, 6.07) is 7.46. The van der Waals surface area contributed by atoms with Crippen molar-refractivity contribution in [1.82, 2.24) is 14.7 Å². The van der Waals surface area contributed by atoms with Crippen LogP contribution in [0, 0.1) is 164 Å². The maximum Gasteiger partial charge on any atom is 0.156 e. The van der Waals surface area contributed by atoms with Gasteiger partial charge in [0.1, 0.15) is 0 Å². The maximum absolute atomic E-state index is 4.04. The van der Waals surface area contributed by atoms with Crippen LogP contribution in [0.4, 0.5) is 0 Å². The molecule has 0 aromatic heterocycles. The zero-order valence-corrected chi connectivity index (χ0v) is 73.5. The van der Waals surface area contributed by atoms with Gasteiger partial charge in [-0.2, -0.15) is 0 Å². The number of likely N-dealkylation sites (tertiary alicyclic amines) is 1. The zero-order chi connectivity index (χ0) is 73.9. The van der Waals surface area contributed by atoms with Gasteiger partial charge in [-0.1, -0.05) is 282 Å². The van der Waals surface area contributed by atoms with Gasteiger partial charge in [0.15, 0.2) is 6.71 Å². The lowest BCUT2D eigenvalue weighted by molar-refractivity contribution is -0.158. The molecule has 19 fully saturated rings. The monoisotopic (exact) mass is 1480 g/mol. The Labute approximate surface area is 669 Å². The fourth-order valence-electron chi connectivity index (χ4n) is 37.7. The Hall–Kier alpha value is -0.0551. The van der Waals surface area contributed by atoms with Gasteiger partial charge in [-0.3, -0.25) is 14.7 Å². The first-order valence-corrected chi connectivity index (χ1v) is 51.4. The Morgan fingerprint density at radius 1 is 0.204 bits per heavy atom. The van der Waals surface area contributed by atoms with E-state index in [1.807, 2.05) is 0 Å². The molecule has 16 aliphatic carbocycles. The molecular formula is C104H176BN3. The van der Waals surface area contributed by atoms with E-state index in [-0.39, 0.29) is 0 Å². The van der Waals surface area contributed by atoms with Crippen LogP contribution in [0.25, 0.3) is 0 Å². The van der Waals surface area contributed by atoms with Crippen LogP contribution in [0.2, 0.25) is 17.5 Å². The lowest BCUT2D eigenvalue weighted by atomic mass is 9.17. The second kappa shape index (κ2) is 31.3. The van der Waals surface area contributed by atoms with Gasteiger partial charge in [0.25, 0.3) is 0 Å². The summed E-state index contributed by atoms with van der Waals surface area (Å²) in [5.41, 5.74) is 1.65. The number of hydrogen-bond acceptors (Lipinski definition) is 3. The largest absolute Gasteiger partial charge is 0.295 e. The van der Waals surface area contributed by atoms with Crippen molar-refractivity contribution in [3.8, 4) is 0 Å². The average molecular weight is 1480 g/mol. The Morgan fingerprint density at radius 2 is 0.537 bits per heavy atom. The van der Waals surface area contributed by atoms with E-state index >= 15 is 0 Å². The van der Waals surface area contributed by atoms with Crippen LogP contribution in [0.1, 0.15) is 417 Å². The molecule has 27 unspecified atom stereocenters. The van der Waals surface area contributed by atoms with Gasteiger partial charge < -0.3 is 0 Å². The van der Waals surface area contributed by atoms with E-state index in [1.54, 1.807) is 238 Å². The summed E-state index contributed by atoms with van der Waals surface area (Å²) >= 11 is 0. The maximum atomic E-state index is 4.04. The van der Waals surface area contributed by atoms with Crippen LogP contribution in [0.3, 0.4) is 0 Å². The standard InChI is InChI=1S/C104H176BN3/c1-101(2,3)75-52-72-46-47-73-53-76(102(4,5)6)62-87-82(55-74(54-75)96(72)97(73)87)71-49-51-93-89(57-71)105-88-56-70(65-32-18-13-19-33-65)48-50-92(88)107(99-83(66-34-20-14-21-35-66)58-77(103(7,8)9)59-84(99)67-36-22-15-23-37-67)94-63-79(106-90-44-30-28-42-80(90)81-43-29-31-45-91(81)106)64-95(98(94)105)108(93)100-85(68-38-24-16-25-39-68)60-78(104(10,11)12)61-86(100)69-40-26-17-27-41-69/h65-100H,13-64H2,1-12H3. The topological polar surface area (TPSA) is 9.72 Å². The minimum atomic E-state index is 0.388. The SMILES string of the molecule is CC(C)(C)C1CC2CCC3CC(C(C)(C)C)CC4C(C5CCC6C(C5)B5C7CC(C8CCCCC8)CCC7N(C7C(C8CCCCC8)CC(C(C)(C)C)CC7C7CCCCC7)C7CC(N8C9CCCCC9C9CCCCC98)CC(C57)N6C5C(C6CCCCC6)CC(C(C)(C)C)CC5C5CCCCC5)CC(C1)C2C34. The Kier molecular flexibility index (Phi) is 22.5. The molecule has 0 spiro atoms. The molecule has 0 amide bonds. The van der Waals surface area contributed by atoms with Crippen molar-refractivity contribution in [3.05, 3.63) is 0 Å². The second-order valence-corrected chi connectivity index (χ2v) is 50.7. The van der Waals surface area contributed by atoms with Gasteiger partial charge >= 0.3 is 0 Å². The smallest absolute Gasteiger partial charge is 0.156 e. The summed E-state index contributed by atoms with van der Waals surface area (Å²) in [7, 11) is 0. The van der Waals surface area contributed by atoms with Crippen LogP contribution in [0.5, 0.6) is 0 Å². The molecule has 3 saturated heterocycles. The van der Waals surface area contributed by atoms with Crippen LogP contribution in [-0.4, -0.2) is 75.8 Å². The number of hydrogen-bond donors (Lipinski definition) is 0. The Morgan fingerprint density at radius 3 is 0.963 bits per heavy atom. The number of nitrogens with zero attached hydrogens (tertiary/aromatic N) is 3. The number of rotatable bonds is 9. The molecule has 0 N–H and O–H groups in total. The minimum Gasteiger partial charge on any atom is -0.295 e. The van der Waals surface area contributed by atoms with E-state index in [4.69, 9.17) is 0 Å². The highest BCUT2D eigenvalue weighted by Gasteiger charge is 2.71. The van der Waals surface area contributed by atoms with Gasteiger partial charge in [0, 0.05) is 54.4 Å². The molecule has 16 saturated carbocycles. The zero-order valence-electron chi connectivity index (χ0n) is 73.5. The van der Waals surface area contributed by atoms with Crippen LogP contribution >= 0.6 is 0 Å². The molecule has 108 heavy (non-hydrogen) atoms. The lowest BCUT2D eigenvalue weighted by Gasteiger charge is -2.73. The first kappa shape index (κ1) is 77.8. The minimum absolute atomic E-state index is 0.388. The quantitative estimate of drug-likeness (QED) is 0.213. The summed E-state index contributed by atoms with van der Waals surface area (Å²) in [6.45, 7) is 33.9. The molecule has 27 atom stereocenters. The lowest BCUT2D eigenvalue weighted by Crippen LogP contribution is -2.78. The van der Waals surface area contributed by atoms with Crippen molar-refractivity contribution in [2.75, 3.05) is 0 Å². The predicted molar refractivity (Wildman–Crippen MR) is 458 cm³/mol. The molecule has 4 heteroatoms. The van der Waals surface area contributed by atoms with Crippen LogP contribution in [0.15, 0.2) is 0 Å². The third-order valence-electron chi connectivity index (χ3n) is 42.4. The first-order valence-electron chi connectivity index (χ1n) is 51.4. The van der Waals surface area contributed by atoms with Crippen molar-refractivity contribution in [1.29, 1.82) is 0 Å². The van der Waals surface area contributed by atoms with Crippen molar-refractivity contribution in [2.24, 2.45) is 164 Å². The Balaban J connectivity index is 0.822. The highest BCUT2D eigenvalue weighted by Crippen LogP contribution is 2.72. The molecular weight excluding hydrogens is 1300 g/mol. The fourth-order valence-corrected chi connectivity index (χ4v) is 37.7. The van der Waals surface area contributed by atoms with Crippen molar-refractivity contribution in [3.63, 3.8) is 0 Å². The summed E-state index contributed by atoms with van der Waals surface area (Å²) < 4.78 is 0. The normalized spacial score (nSPS) is 49.0. The van der Waals surface area contributed by atoms with E-state index in [9.17, 15) is 0 Å². The molecule has 19 aliphatic rings. The molecule has 610 valence electrons. The second-order valence-electron chi connectivity index (χ2n) is 50.7. The average Bonchev–Trinajstić information content (AvgIpc) is 0.807. The molecule has 0 bridgehead atoms. The molecule has 3 nitrogen and oxygen atoms in total.